The molecule has 0 aliphatic rings. The molecule has 0 atom stereocenters. The predicted octanol–water partition coefficient (Wildman–Crippen LogP) is 2.54. The van der Waals surface area contributed by atoms with Crippen LogP contribution < -0.4 is 11.1 Å². The van der Waals surface area contributed by atoms with E-state index in [-0.39, 0.29) is 22.8 Å². The van der Waals surface area contributed by atoms with E-state index in [4.69, 9.17) is 5.73 Å². The minimum Gasteiger partial charge on any atom is -0.506 e. The van der Waals surface area contributed by atoms with Gasteiger partial charge >= 0.3 is 0 Å². The van der Waals surface area contributed by atoms with Crippen LogP contribution in [-0.2, 0) is 0 Å². The molecule has 1 aromatic heterocycles. The van der Waals surface area contributed by atoms with Gasteiger partial charge in [-0.15, -0.1) is 0 Å². The van der Waals surface area contributed by atoms with E-state index in [0.29, 0.717) is 9.21 Å². The molecule has 0 saturated carbocycles. The van der Waals surface area contributed by atoms with Gasteiger partial charge in [-0.1, -0.05) is 0 Å². The molecule has 0 fully saturated rings. The highest BCUT2D eigenvalue weighted by atomic mass is 79.9. The van der Waals surface area contributed by atoms with Gasteiger partial charge in [0.15, 0.2) is 5.82 Å². The number of hydrogen-bond acceptors (Lipinski definition) is 5. The van der Waals surface area contributed by atoms with E-state index in [1.807, 2.05) is 0 Å². The second kappa shape index (κ2) is 5.54. The van der Waals surface area contributed by atoms with Crippen molar-refractivity contribution in [2.75, 3.05) is 11.1 Å². The summed E-state index contributed by atoms with van der Waals surface area (Å²) in [6, 6.07) is 4.24. The van der Waals surface area contributed by atoms with Gasteiger partial charge in [-0.2, -0.15) is 0 Å². The zero-order valence-corrected chi connectivity index (χ0v) is 12.6. The van der Waals surface area contributed by atoms with Gasteiger partial charge in [0, 0.05) is 5.56 Å². The van der Waals surface area contributed by atoms with Crippen molar-refractivity contribution in [1.29, 1.82) is 0 Å². The molecule has 98 valence electrons. The number of amides is 1. The smallest absolute Gasteiger partial charge is 0.257 e. The Labute approximate surface area is 125 Å². The van der Waals surface area contributed by atoms with E-state index in [0.717, 1.165) is 0 Å². The number of phenolic OH excluding ortho intramolecular Hbond substituents is 1. The summed E-state index contributed by atoms with van der Waals surface area (Å²) in [4.78, 5) is 20.0. The third-order valence-electron chi connectivity index (χ3n) is 2.23. The standard InChI is InChI=1S/C11H8Br2N4O2/c12-8-4-15-10(9(13)16-8)17-11(19)5-1-2-6(14)7(18)3-5/h1-4,18H,14H2,(H,15,17,19). The number of nitrogens with one attached hydrogen (secondary N) is 1. The number of aromatic hydroxyl groups is 1. The minimum atomic E-state index is -0.423. The van der Waals surface area contributed by atoms with Gasteiger partial charge in [0.25, 0.3) is 5.91 Å². The quantitative estimate of drug-likeness (QED) is 0.543. The maximum Gasteiger partial charge on any atom is 0.257 e. The third-order valence-corrected chi connectivity index (χ3v) is 3.16. The first-order valence-corrected chi connectivity index (χ1v) is 6.64. The summed E-state index contributed by atoms with van der Waals surface area (Å²) in [7, 11) is 0. The highest BCUT2D eigenvalue weighted by molar-refractivity contribution is 9.11. The van der Waals surface area contributed by atoms with Crippen LogP contribution in [0.5, 0.6) is 5.75 Å². The summed E-state index contributed by atoms with van der Waals surface area (Å²) in [5.74, 6) is -0.286. The molecule has 0 aliphatic heterocycles. The van der Waals surface area contributed by atoms with Crippen molar-refractivity contribution in [3.8, 4) is 5.75 Å². The van der Waals surface area contributed by atoms with Gasteiger partial charge in [0.05, 0.1) is 11.9 Å². The maximum atomic E-state index is 12.0. The Bertz CT molecular complexity index is 649. The zero-order valence-electron chi connectivity index (χ0n) is 9.39. The first kappa shape index (κ1) is 13.8. The van der Waals surface area contributed by atoms with Crippen molar-refractivity contribution >= 4 is 49.3 Å². The number of nitrogens with zero attached hydrogens (tertiary/aromatic N) is 2. The fourth-order valence-electron chi connectivity index (χ4n) is 1.30. The van der Waals surface area contributed by atoms with E-state index in [1.54, 1.807) is 0 Å². The van der Waals surface area contributed by atoms with Crippen molar-refractivity contribution in [3.63, 3.8) is 0 Å². The lowest BCUT2D eigenvalue weighted by Crippen LogP contribution is -2.13. The Morgan fingerprint density at radius 3 is 2.74 bits per heavy atom. The Kier molecular flexibility index (Phi) is 4.01. The van der Waals surface area contributed by atoms with Crippen LogP contribution >= 0.6 is 31.9 Å². The maximum absolute atomic E-state index is 12.0. The Morgan fingerprint density at radius 2 is 2.11 bits per heavy atom. The Balaban J connectivity index is 2.23. The van der Waals surface area contributed by atoms with Crippen molar-refractivity contribution in [1.82, 2.24) is 9.97 Å². The molecule has 19 heavy (non-hydrogen) atoms. The highest BCUT2D eigenvalue weighted by Crippen LogP contribution is 2.23. The second-order valence-electron chi connectivity index (χ2n) is 3.56. The predicted molar refractivity (Wildman–Crippen MR) is 77.9 cm³/mol. The van der Waals surface area contributed by atoms with Crippen LogP contribution in [0.1, 0.15) is 10.4 Å². The van der Waals surface area contributed by atoms with Crippen LogP contribution in [-0.4, -0.2) is 21.0 Å². The largest absolute Gasteiger partial charge is 0.506 e. The topological polar surface area (TPSA) is 101 Å². The molecule has 8 heteroatoms. The molecular weight excluding hydrogens is 380 g/mol. The fraction of sp³-hybridized carbons (Fsp3) is 0. The molecule has 0 aliphatic carbocycles. The summed E-state index contributed by atoms with van der Waals surface area (Å²) in [5.41, 5.74) is 5.94. The molecular formula is C11H8Br2N4O2. The van der Waals surface area contributed by atoms with Crippen LogP contribution in [0, 0.1) is 0 Å². The molecule has 0 saturated heterocycles. The molecule has 1 aromatic carbocycles. The number of benzene rings is 1. The molecule has 1 amide bonds. The highest BCUT2D eigenvalue weighted by Gasteiger charge is 2.12. The summed E-state index contributed by atoms with van der Waals surface area (Å²) >= 11 is 6.35. The van der Waals surface area contributed by atoms with Crippen LogP contribution in [0.25, 0.3) is 0 Å². The van der Waals surface area contributed by atoms with Crippen molar-refractivity contribution in [2.24, 2.45) is 0 Å². The number of anilines is 2. The van der Waals surface area contributed by atoms with Crippen molar-refractivity contribution in [2.45, 2.75) is 0 Å². The first-order chi connectivity index (χ1) is 8.97. The van der Waals surface area contributed by atoms with E-state index < -0.39 is 5.91 Å². The number of carbonyl (C=O) groups excluding carboxylic acids is 1. The summed E-state index contributed by atoms with van der Waals surface area (Å²) in [6.45, 7) is 0. The molecule has 0 radical (unpaired) electrons. The van der Waals surface area contributed by atoms with E-state index in [9.17, 15) is 9.90 Å². The number of nitrogen functional groups attached to an aromatic ring is 1. The number of nitrogens with two attached hydrogens (primary N) is 1. The summed E-state index contributed by atoms with van der Waals surface area (Å²) in [5, 5.41) is 12.0. The Hall–Kier alpha value is -1.67. The van der Waals surface area contributed by atoms with E-state index >= 15 is 0 Å². The lowest BCUT2D eigenvalue weighted by Gasteiger charge is -2.07. The SMILES string of the molecule is Nc1ccc(C(=O)Nc2ncc(Br)nc2Br)cc1O. The lowest BCUT2D eigenvalue weighted by molar-refractivity contribution is 0.102. The van der Waals surface area contributed by atoms with Gasteiger partial charge in [-0.25, -0.2) is 9.97 Å². The van der Waals surface area contributed by atoms with E-state index in [1.165, 1.54) is 24.4 Å². The minimum absolute atomic E-state index is 0.145. The van der Waals surface area contributed by atoms with Gasteiger partial charge < -0.3 is 16.2 Å². The fourth-order valence-corrected chi connectivity index (χ4v) is 2.21. The molecule has 0 unspecified atom stereocenters. The Morgan fingerprint density at radius 1 is 1.37 bits per heavy atom. The van der Waals surface area contributed by atoms with Crippen LogP contribution in [0.2, 0.25) is 0 Å². The van der Waals surface area contributed by atoms with Gasteiger partial charge in [-0.05, 0) is 50.1 Å². The van der Waals surface area contributed by atoms with Crippen molar-refractivity contribution in [3.05, 3.63) is 39.2 Å². The summed E-state index contributed by atoms with van der Waals surface area (Å²) in [6.07, 6.45) is 1.46. The van der Waals surface area contributed by atoms with Gasteiger partial charge in [-0.3, -0.25) is 4.79 Å². The molecule has 2 aromatic rings. The molecule has 2 rings (SSSR count). The molecule has 0 bridgehead atoms. The number of phenols is 1. The molecule has 4 N–H and O–H groups in total. The first-order valence-electron chi connectivity index (χ1n) is 5.05. The van der Waals surface area contributed by atoms with Gasteiger partial charge in [0.2, 0.25) is 0 Å². The summed E-state index contributed by atoms with van der Waals surface area (Å²) < 4.78 is 0.942. The number of aromatic nitrogens is 2. The molecule has 1 heterocycles. The van der Waals surface area contributed by atoms with Crippen LogP contribution in [0.4, 0.5) is 11.5 Å². The van der Waals surface area contributed by atoms with Gasteiger partial charge in [0.1, 0.15) is 15.0 Å². The molecule has 0 spiro atoms. The average Bonchev–Trinajstić information content (AvgIpc) is 2.36. The van der Waals surface area contributed by atoms with E-state index in [2.05, 4.69) is 47.1 Å². The molecule has 6 nitrogen and oxygen atoms in total. The number of halogens is 2. The number of rotatable bonds is 2. The normalized spacial score (nSPS) is 10.2. The monoisotopic (exact) mass is 386 g/mol. The number of hydrogen-bond donors (Lipinski definition) is 3. The second-order valence-corrected chi connectivity index (χ2v) is 5.12. The zero-order chi connectivity index (χ0) is 14.0. The van der Waals surface area contributed by atoms with Crippen LogP contribution in [0.3, 0.4) is 0 Å². The lowest BCUT2D eigenvalue weighted by atomic mass is 10.2. The average molecular weight is 388 g/mol. The van der Waals surface area contributed by atoms with Crippen molar-refractivity contribution < 1.29 is 9.90 Å². The van der Waals surface area contributed by atoms with Crippen LogP contribution in [0.15, 0.2) is 33.6 Å². The third kappa shape index (κ3) is 3.21. The number of carbonyl (C=O) groups is 1.